The highest BCUT2D eigenvalue weighted by Gasteiger charge is 2.36. The molecule has 0 bridgehead atoms. The Labute approximate surface area is 127 Å². The number of piperidine rings is 1. The van der Waals surface area contributed by atoms with Gasteiger partial charge in [0.25, 0.3) is 0 Å². The summed E-state index contributed by atoms with van der Waals surface area (Å²) in [4.78, 5) is 5.20. The number of fused-ring (bicyclic) bond motifs is 1. The van der Waals surface area contributed by atoms with Gasteiger partial charge in [0.05, 0.1) is 0 Å². The average Bonchev–Trinajstić information content (AvgIpc) is 2.48. The first-order chi connectivity index (χ1) is 10.1. The molecule has 21 heavy (non-hydrogen) atoms. The summed E-state index contributed by atoms with van der Waals surface area (Å²) in [6, 6.07) is 8.45. The molecule has 3 heteroatoms. The van der Waals surface area contributed by atoms with Crippen molar-refractivity contribution in [1.82, 2.24) is 9.80 Å². The second-order valence-corrected chi connectivity index (χ2v) is 6.98. The Bertz CT molecular complexity index is 474. The van der Waals surface area contributed by atoms with Gasteiger partial charge in [0, 0.05) is 37.3 Å². The maximum Gasteiger partial charge on any atom is 0.127 e. The summed E-state index contributed by atoms with van der Waals surface area (Å²) in [5.74, 6) is 0.547. The molecule has 0 aliphatic carbocycles. The molecule has 2 fully saturated rings. The lowest BCUT2D eigenvalue weighted by atomic mass is 9.91. The Hall–Kier alpha value is -0.930. The van der Waals surface area contributed by atoms with E-state index in [-0.39, 0.29) is 5.82 Å². The summed E-state index contributed by atoms with van der Waals surface area (Å²) in [6.07, 6.45) is 3.99. The summed E-state index contributed by atoms with van der Waals surface area (Å²) in [6.45, 7) is 8.84. The van der Waals surface area contributed by atoms with Crippen molar-refractivity contribution in [2.75, 3.05) is 19.6 Å². The molecular weight excluding hydrogens is 263 g/mol. The van der Waals surface area contributed by atoms with E-state index in [4.69, 9.17) is 0 Å². The van der Waals surface area contributed by atoms with Crippen LogP contribution in [0.3, 0.4) is 0 Å². The van der Waals surface area contributed by atoms with Crippen molar-refractivity contribution in [1.29, 1.82) is 0 Å². The van der Waals surface area contributed by atoms with E-state index in [1.165, 1.54) is 25.8 Å². The van der Waals surface area contributed by atoms with Crippen LogP contribution in [-0.2, 0) is 6.54 Å². The van der Waals surface area contributed by atoms with Gasteiger partial charge in [0.15, 0.2) is 0 Å². The van der Waals surface area contributed by atoms with Crippen molar-refractivity contribution in [2.24, 2.45) is 5.92 Å². The number of benzene rings is 1. The van der Waals surface area contributed by atoms with Gasteiger partial charge in [0.1, 0.15) is 5.82 Å². The third-order valence-corrected chi connectivity index (χ3v) is 5.19. The Kier molecular flexibility index (Phi) is 4.60. The summed E-state index contributed by atoms with van der Waals surface area (Å²) in [5, 5.41) is 0. The fraction of sp³-hybridized carbons (Fsp3) is 0.667. The minimum atomic E-state index is -0.0638. The van der Waals surface area contributed by atoms with Gasteiger partial charge in [-0.05, 0) is 31.4 Å². The van der Waals surface area contributed by atoms with Crippen molar-refractivity contribution in [3.63, 3.8) is 0 Å². The number of hydrogen-bond donors (Lipinski definition) is 0. The van der Waals surface area contributed by atoms with E-state index in [0.29, 0.717) is 18.0 Å². The topological polar surface area (TPSA) is 6.48 Å². The van der Waals surface area contributed by atoms with Gasteiger partial charge in [-0.1, -0.05) is 38.5 Å². The lowest BCUT2D eigenvalue weighted by Crippen LogP contribution is -2.60. The zero-order chi connectivity index (χ0) is 14.8. The Morgan fingerprint density at radius 2 is 2.00 bits per heavy atom. The normalized spacial score (nSPS) is 27.8. The van der Waals surface area contributed by atoms with Crippen LogP contribution in [0.4, 0.5) is 4.39 Å². The molecule has 0 saturated carbocycles. The van der Waals surface area contributed by atoms with Gasteiger partial charge < -0.3 is 0 Å². The van der Waals surface area contributed by atoms with E-state index >= 15 is 0 Å². The first-order valence-corrected chi connectivity index (χ1v) is 8.36. The van der Waals surface area contributed by atoms with Crippen LogP contribution < -0.4 is 0 Å². The molecule has 0 spiro atoms. The fourth-order valence-electron chi connectivity index (χ4n) is 3.93. The molecular formula is C18H27FN2. The molecule has 2 nitrogen and oxygen atoms in total. The fourth-order valence-corrected chi connectivity index (χ4v) is 3.93. The molecule has 2 aliphatic heterocycles. The van der Waals surface area contributed by atoms with Crippen molar-refractivity contribution in [3.05, 3.63) is 35.6 Å². The van der Waals surface area contributed by atoms with E-state index in [2.05, 4.69) is 23.6 Å². The van der Waals surface area contributed by atoms with Crippen molar-refractivity contribution in [2.45, 2.75) is 51.7 Å². The van der Waals surface area contributed by atoms with Crippen LogP contribution >= 0.6 is 0 Å². The molecule has 3 rings (SSSR count). The van der Waals surface area contributed by atoms with E-state index in [0.717, 1.165) is 25.2 Å². The summed E-state index contributed by atoms with van der Waals surface area (Å²) >= 11 is 0. The van der Waals surface area contributed by atoms with Crippen LogP contribution in [-0.4, -0.2) is 41.5 Å². The van der Waals surface area contributed by atoms with Crippen molar-refractivity contribution >= 4 is 0 Å². The maximum absolute atomic E-state index is 14.0. The van der Waals surface area contributed by atoms with E-state index in [9.17, 15) is 4.39 Å². The van der Waals surface area contributed by atoms with Crippen molar-refractivity contribution in [3.8, 4) is 0 Å². The van der Waals surface area contributed by atoms with Gasteiger partial charge in [0.2, 0.25) is 0 Å². The maximum atomic E-state index is 14.0. The smallest absolute Gasteiger partial charge is 0.127 e. The molecule has 116 valence electrons. The Morgan fingerprint density at radius 1 is 1.19 bits per heavy atom. The van der Waals surface area contributed by atoms with E-state index < -0.39 is 0 Å². The number of rotatable bonds is 3. The highest BCUT2D eigenvalue weighted by Crippen LogP contribution is 2.28. The highest BCUT2D eigenvalue weighted by molar-refractivity contribution is 5.17. The van der Waals surface area contributed by atoms with Crippen LogP contribution in [0.2, 0.25) is 0 Å². The molecule has 0 N–H and O–H groups in total. The molecule has 0 radical (unpaired) electrons. The Morgan fingerprint density at radius 3 is 2.76 bits per heavy atom. The van der Waals surface area contributed by atoms with Crippen LogP contribution in [0, 0.1) is 11.7 Å². The molecule has 2 atom stereocenters. The quantitative estimate of drug-likeness (QED) is 0.840. The Balaban J connectivity index is 1.76. The molecule has 1 aromatic rings. The summed E-state index contributed by atoms with van der Waals surface area (Å²) in [5.41, 5.74) is 0.840. The van der Waals surface area contributed by atoms with Gasteiger partial charge in [-0.3, -0.25) is 9.80 Å². The molecule has 0 amide bonds. The largest absolute Gasteiger partial charge is 0.298 e. The summed E-state index contributed by atoms with van der Waals surface area (Å²) < 4.78 is 14.0. The number of hydrogen-bond acceptors (Lipinski definition) is 2. The zero-order valence-electron chi connectivity index (χ0n) is 13.3. The first-order valence-electron chi connectivity index (χ1n) is 8.36. The third-order valence-electron chi connectivity index (χ3n) is 5.19. The molecule has 2 saturated heterocycles. The monoisotopic (exact) mass is 290 g/mol. The minimum Gasteiger partial charge on any atom is -0.298 e. The average molecular weight is 290 g/mol. The van der Waals surface area contributed by atoms with Crippen LogP contribution in [0.5, 0.6) is 0 Å². The third kappa shape index (κ3) is 3.29. The second kappa shape index (κ2) is 6.45. The first kappa shape index (κ1) is 15.0. The predicted molar refractivity (Wildman–Crippen MR) is 84.6 cm³/mol. The number of nitrogens with zero attached hydrogens (tertiary/aromatic N) is 2. The second-order valence-electron chi connectivity index (χ2n) is 6.98. The van der Waals surface area contributed by atoms with Crippen LogP contribution in [0.15, 0.2) is 24.3 Å². The zero-order valence-corrected chi connectivity index (χ0v) is 13.3. The van der Waals surface area contributed by atoms with Crippen LogP contribution in [0.1, 0.15) is 38.7 Å². The van der Waals surface area contributed by atoms with Gasteiger partial charge >= 0.3 is 0 Å². The lowest BCUT2D eigenvalue weighted by molar-refractivity contribution is -0.0122. The SMILES string of the molecule is CC(C)C1CN2CCCCC2CN1Cc1ccccc1F. The lowest BCUT2D eigenvalue weighted by Gasteiger charge is -2.50. The molecule has 0 aromatic heterocycles. The van der Waals surface area contributed by atoms with Crippen molar-refractivity contribution < 1.29 is 4.39 Å². The predicted octanol–water partition coefficient (Wildman–Crippen LogP) is 3.52. The van der Waals surface area contributed by atoms with E-state index in [1.807, 2.05) is 12.1 Å². The number of halogens is 1. The summed E-state index contributed by atoms with van der Waals surface area (Å²) in [7, 11) is 0. The van der Waals surface area contributed by atoms with Gasteiger partial charge in [-0.25, -0.2) is 4.39 Å². The van der Waals surface area contributed by atoms with Gasteiger partial charge in [-0.15, -0.1) is 0 Å². The minimum absolute atomic E-state index is 0.0638. The molecule has 2 aliphatic rings. The van der Waals surface area contributed by atoms with E-state index in [1.54, 1.807) is 12.1 Å². The molecule has 1 aromatic carbocycles. The molecule has 2 heterocycles. The number of piperazine rings is 1. The molecule has 2 unspecified atom stereocenters. The van der Waals surface area contributed by atoms with Gasteiger partial charge in [-0.2, -0.15) is 0 Å². The highest BCUT2D eigenvalue weighted by atomic mass is 19.1. The standard InChI is InChI=1S/C18H27FN2/c1-14(2)18-13-20-10-6-5-8-16(20)12-21(18)11-15-7-3-4-9-17(15)19/h3-4,7,9,14,16,18H,5-6,8,10-13H2,1-2H3. The van der Waals surface area contributed by atoms with Crippen LogP contribution in [0.25, 0.3) is 0 Å².